The topological polar surface area (TPSA) is 139 Å². The Balaban J connectivity index is 1.29. The van der Waals surface area contributed by atoms with Crippen LogP contribution in [0, 0.1) is 10.1 Å². The van der Waals surface area contributed by atoms with Crippen LogP contribution in [-0.2, 0) is 0 Å². The van der Waals surface area contributed by atoms with Gasteiger partial charge >= 0.3 is 0 Å². The van der Waals surface area contributed by atoms with E-state index in [9.17, 15) is 10.1 Å². The summed E-state index contributed by atoms with van der Waals surface area (Å²) < 4.78 is 22.1. The van der Waals surface area contributed by atoms with E-state index in [0.29, 0.717) is 34.1 Å². The summed E-state index contributed by atoms with van der Waals surface area (Å²) in [7, 11) is 0. The Kier molecular flexibility index (Phi) is 4.75. The minimum atomic E-state index is -0.468. The number of fused-ring (bicyclic) bond motifs is 1. The third-order valence-corrected chi connectivity index (χ3v) is 5.34. The maximum absolute atomic E-state index is 10.8. The lowest BCUT2D eigenvalue weighted by atomic mass is 10.2. The Bertz CT molecular complexity index is 1250. The van der Waals surface area contributed by atoms with Gasteiger partial charge in [0, 0.05) is 23.3 Å². The van der Waals surface area contributed by atoms with Crippen LogP contribution in [0.5, 0.6) is 11.5 Å². The second-order valence-corrected chi connectivity index (χ2v) is 7.74. The number of non-ortho nitro benzene ring substituents is 1. The molecular weight excluding hydrogens is 426 g/mol. The molecule has 0 radical (unpaired) electrons. The van der Waals surface area contributed by atoms with Crippen molar-refractivity contribution in [3.05, 3.63) is 58.5 Å². The number of hydrogen-bond donors (Lipinski definition) is 0. The minimum absolute atomic E-state index is 0.0120. The third kappa shape index (κ3) is 3.80. The average molecular weight is 439 g/mol. The second kappa shape index (κ2) is 7.72. The molecule has 0 aliphatic carbocycles. The first-order chi connectivity index (χ1) is 15.1. The monoisotopic (exact) mass is 439 g/mol. The molecule has 11 nitrogen and oxygen atoms in total. The van der Waals surface area contributed by atoms with Crippen molar-refractivity contribution < 1.29 is 23.2 Å². The van der Waals surface area contributed by atoms with Gasteiger partial charge < -0.3 is 18.3 Å². The van der Waals surface area contributed by atoms with Crippen LogP contribution >= 0.6 is 11.8 Å². The normalized spacial score (nSPS) is 13.3. The van der Waals surface area contributed by atoms with E-state index in [1.165, 1.54) is 23.9 Å². The number of benzene rings is 2. The van der Waals surface area contributed by atoms with E-state index < -0.39 is 4.92 Å². The van der Waals surface area contributed by atoms with Crippen LogP contribution in [0.25, 0.3) is 22.9 Å². The van der Waals surface area contributed by atoms with Crippen LogP contribution in [0.15, 0.2) is 56.5 Å². The van der Waals surface area contributed by atoms with E-state index >= 15 is 0 Å². The zero-order valence-corrected chi connectivity index (χ0v) is 16.7. The Hall–Kier alpha value is -3.93. The molecule has 12 heteroatoms. The van der Waals surface area contributed by atoms with Gasteiger partial charge in [-0.2, -0.15) is 0 Å². The van der Waals surface area contributed by atoms with E-state index in [-0.39, 0.29) is 23.6 Å². The molecule has 156 valence electrons. The largest absolute Gasteiger partial charge is 0.454 e. The molecule has 1 aliphatic rings. The molecule has 0 saturated carbocycles. The predicted molar refractivity (Wildman–Crippen MR) is 107 cm³/mol. The number of hydrogen-bond acceptors (Lipinski definition) is 11. The quantitative estimate of drug-likeness (QED) is 0.241. The highest BCUT2D eigenvalue weighted by atomic mass is 32.2. The fourth-order valence-electron chi connectivity index (χ4n) is 2.85. The molecule has 3 heterocycles. The van der Waals surface area contributed by atoms with Crippen molar-refractivity contribution in [3.8, 4) is 34.4 Å². The van der Waals surface area contributed by atoms with Crippen molar-refractivity contribution in [2.24, 2.45) is 0 Å². The first kappa shape index (κ1) is 19.1. The van der Waals surface area contributed by atoms with E-state index in [4.69, 9.17) is 18.3 Å². The van der Waals surface area contributed by atoms with Gasteiger partial charge in [-0.1, -0.05) is 11.8 Å². The smallest absolute Gasteiger partial charge is 0.277 e. The fourth-order valence-corrected chi connectivity index (χ4v) is 3.56. The maximum Gasteiger partial charge on any atom is 0.277 e. The average Bonchev–Trinajstić information content (AvgIpc) is 3.53. The molecule has 1 atom stereocenters. The van der Waals surface area contributed by atoms with Gasteiger partial charge in [0.15, 0.2) is 11.5 Å². The summed E-state index contributed by atoms with van der Waals surface area (Å²) in [4.78, 5) is 10.3. The van der Waals surface area contributed by atoms with Gasteiger partial charge in [-0.3, -0.25) is 10.1 Å². The number of aromatic nitrogens is 4. The van der Waals surface area contributed by atoms with Crippen molar-refractivity contribution in [2.45, 2.75) is 17.4 Å². The number of thioether (sulfide) groups is 1. The summed E-state index contributed by atoms with van der Waals surface area (Å²) in [5, 5.41) is 27.1. The Morgan fingerprint density at radius 3 is 2.45 bits per heavy atom. The Morgan fingerprint density at radius 2 is 1.65 bits per heavy atom. The van der Waals surface area contributed by atoms with E-state index in [2.05, 4.69) is 20.4 Å². The number of ether oxygens (including phenoxy) is 2. The summed E-state index contributed by atoms with van der Waals surface area (Å²) in [6.07, 6.45) is 0. The third-order valence-electron chi connectivity index (χ3n) is 4.42. The van der Waals surface area contributed by atoms with Gasteiger partial charge in [0.1, 0.15) is 0 Å². The van der Waals surface area contributed by atoms with E-state index in [1.54, 1.807) is 24.3 Å². The number of nitro benzene ring substituents is 1. The standard InChI is InChI=1S/C19H13N5O6S/c1-10(16-20-21-17(29-16)11-2-5-13(6-3-11)24(25)26)31-19-23-22-18(30-19)12-4-7-14-15(8-12)28-9-27-14/h2-8,10H,9H2,1H3/t10-/m0/s1. The summed E-state index contributed by atoms with van der Waals surface area (Å²) in [6, 6.07) is 11.3. The van der Waals surface area contributed by atoms with Crippen molar-refractivity contribution in [3.63, 3.8) is 0 Å². The maximum atomic E-state index is 10.8. The predicted octanol–water partition coefficient (Wildman–Crippen LogP) is 4.28. The molecule has 5 rings (SSSR count). The molecule has 0 fully saturated rings. The molecule has 0 amide bonds. The van der Waals surface area contributed by atoms with Gasteiger partial charge in [-0.05, 0) is 37.3 Å². The van der Waals surface area contributed by atoms with Gasteiger partial charge in [-0.25, -0.2) is 0 Å². The highest BCUT2D eigenvalue weighted by molar-refractivity contribution is 7.99. The second-order valence-electron chi connectivity index (χ2n) is 6.45. The molecule has 31 heavy (non-hydrogen) atoms. The number of nitro groups is 1. The first-order valence-electron chi connectivity index (χ1n) is 9.05. The molecular formula is C19H13N5O6S. The van der Waals surface area contributed by atoms with E-state index in [0.717, 1.165) is 5.56 Å². The van der Waals surface area contributed by atoms with Crippen LogP contribution in [0.4, 0.5) is 5.69 Å². The van der Waals surface area contributed by atoms with Gasteiger partial charge in [0.2, 0.25) is 24.5 Å². The zero-order valence-electron chi connectivity index (χ0n) is 15.9. The van der Waals surface area contributed by atoms with E-state index in [1.807, 2.05) is 13.0 Å². The fraction of sp³-hybridized carbons (Fsp3) is 0.158. The first-order valence-corrected chi connectivity index (χ1v) is 9.93. The Labute approximate surface area is 178 Å². The molecule has 1 aliphatic heterocycles. The zero-order chi connectivity index (χ0) is 21.4. The van der Waals surface area contributed by atoms with Crippen molar-refractivity contribution in [1.29, 1.82) is 0 Å². The van der Waals surface area contributed by atoms with Gasteiger partial charge in [0.25, 0.3) is 10.9 Å². The van der Waals surface area contributed by atoms with Gasteiger partial charge in [-0.15, -0.1) is 20.4 Å². The molecule has 0 N–H and O–H groups in total. The molecule has 0 unspecified atom stereocenters. The molecule has 0 saturated heterocycles. The number of rotatable bonds is 6. The van der Waals surface area contributed by atoms with Gasteiger partial charge in [0.05, 0.1) is 10.2 Å². The molecule has 2 aromatic heterocycles. The summed E-state index contributed by atoms with van der Waals surface area (Å²) in [5.41, 5.74) is 1.29. The molecule has 0 spiro atoms. The van der Waals surface area contributed by atoms with Crippen molar-refractivity contribution in [1.82, 2.24) is 20.4 Å². The van der Waals surface area contributed by atoms with Crippen LogP contribution in [-0.4, -0.2) is 32.1 Å². The number of nitrogens with zero attached hydrogens (tertiary/aromatic N) is 5. The summed E-state index contributed by atoms with van der Waals surface area (Å²) in [6.45, 7) is 2.05. The van der Waals surface area contributed by atoms with Crippen molar-refractivity contribution in [2.75, 3.05) is 6.79 Å². The highest BCUT2D eigenvalue weighted by Gasteiger charge is 2.21. The summed E-state index contributed by atoms with van der Waals surface area (Å²) >= 11 is 1.27. The Morgan fingerprint density at radius 1 is 0.935 bits per heavy atom. The van der Waals surface area contributed by atoms with Crippen LogP contribution < -0.4 is 9.47 Å². The molecule has 0 bridgehead atoms. The van der Waals surface area contributed by atoms with Crippen LogP contribution in [0.2, 0.25) is 0 Å². The lowest BCUT2D eigenvalue weighted by Gasteiger charge is -2.02. The lowest BCUT2D eigenvalue weighted by molar-refractivity contribution is -0.384. The molecule has 2 aromatic carbocycles. The highest BCUT2D eigenvalue weighted by Crippen LogP contribution is 2.38. The summed E-state index contributed by atoms with van der Waals surface area (Å²) in [5.74, 6) is 2.28. The lowest BCUT2D eigenvalue weighted by Crippen LogP contribution is -1.92. The SMILES string of the molecule is C[C@H](Sc1nnc(-c2ccc3c(c2)OCO3)o1)c1nnc(-c2ccc([N+](=O)[O-])cc2)o1. The minimum Gasteiger partial charge on any atom is -0.454 e. The molecule has 4 aromatic rings. The van der Waals surface area contributed by atoms with Crippen LogP contribution in [0.1, 0.15) is 18.1 Å². The van der Waals surface area contributed by atoms with Crippen molar-refractivity contribution >= 4 is 17.4 Å². The van der Waals surface area contributed by atoms with Crippen LogP contribution in [0.3, 0.4) is 0 Å².